The smallest absolute Gasteiger partial charge is 0.368 e. The Kier molecular flexibility index (Phi) is 6.34. The minimum atomic E-state index is -4.81. The molecule has 1 aliphatic heterocycles. The van der Waals surface area contributed by atoms with Gasteiger partial charge in [-0.3, -0.25) is 9.59 Å². The molecule has 0 spiro atoms. The third-order valence-electron chi connectivity index (χ3n) is 6.80. The molecule has 1 heterocycles. The lowest BCUT2D eigenvalue weighted by molar-refractivity contribution is -0.137. The van der Waals surface area contributed by atoms with Crippen LogP contribution >= 0.6 is 0 Å². The number of nitrogens with zero attached hydrogens (tertiary/aromatic N) is 2. The Morgan fingerprint density at radius 1 is 1.14 bits per heavy atom. The van der Waals surface area contributed by atoms with Gasteiger partial charge in [0.1, 0.15) is 5.82 Å². The van der Waals surface area contributed by atoms with Crippen LogP contribution in [0.25, 0.3) is 0 Å². The molecule has 2 aromatic rings. The zero-order valence-corrected chi connectivity index (χ0v) is 20.6. The SMILES string of the molecule is CN1CC(C(N)=O)([C@@H](c2ccc(C(F)(F)F)cc2F)C2CC2)N(C(=O)c2cccc(S(C)(=O)=O)c2)C1=O. The summed E-state index contributed by atoms with van der Waals surface area (Å²) in [5, 5.41) is 0. The molecule has 4 rings (SSSR count). The molecule has 37 heavy (non-hydrogen) atoms. The third kappa shape index (κ3) is 4.56. The van der Waals surface area contributed by atoms with Gasteiger partial charge in [-0.25, -0.2) is 22.5 Å². The van der Waals surface area contributed by atoms with E-state index in [1.807, 2.05) is 0 Å². The standard InChI is InChI=1S/C24H23F4N3O5S/c1-30-12-23(21(29)33,19(13-6-7-13)17-9-8-15(11-18(17)25)24(26,27)28)31(22(30)34)20(32)14-4-3-5-16(10-14)37(2,35)36/h3-5,8-11,13,19H,6-7,12H2,1-2H3,(H2,29,33)/t19-,23?/m1/s1. The van der Waals surface area contributed by atoms with E-state index in [2.05, 4.69) is 0 Å². The Morgan fingerprint density at radius 3 is 2.30 bits per heavy atom. The fourth-order valence-corrected chi connectivity index (χ4v) is 5.63. The molecule has 2 aromatic carbocycles. The number of urea groups is 1. The molecule has 8 nitrogen and oxygen atoms in total. The number of imide groups is 1. The number of likely N-dealkylation sites (N-methyl/N-ethyl adjacent to an activating group) is 1. The molecule has 198 valence electrons. The second-order valence-corrected chi connectivity index (χ2v) is 11.4. The predicted octanol–water partition coefficient (Wildman–Crippen LogP) is 3.17. The van der Waals surface area contributed by atoms with Gasteiger partial charge in [0.25, 0.3) is 5.91 Å². The summed E-state index contributed by atoms with van der Waals surface area (Å²) < 4.78 is 78.7. The Labute approximate surface area is 209 Å². The van der Waals surface area contributed by atoms with Crippen molar-refractivity contribution in [3.63, 3.8) is 0 Å². The molecule has 13 heteroatoms. The van der Waals surface area contributed by atoms with E-state index < -0.39 is 69.2 Å². The lowest BCUT2D eigenvalue weighted by atomic mass is 9.74. The molecule has 1 unspecified atom stereocenters. The fraction of sp³-hybridized carbons (Fsp3) is 0.375. The average molecular weight is 542 g/mol. The fourth-order valence-electron chi connectivity index (χ4n) is 4.96. The van der Waals surface area contributed by atoms with E-state index in [0.717, 1.165) is 23.3 Å². The third-order valence-corrected chi connectivity index (χ3v) is 7.91. The summed E-state index contributed by atoms with van der Waals surface area (Å²) in [6.07, 6.45) is -2.96. The number of carbonyl (C=O) groups excluding carboxylic acids is 3. The number of carbonyl (C=O) groups is 3. The van der Waals surface area contributed by atoms with E-state index in [0.29, 0.717) is 29.9 Å². The topological polar surface area (TPSA) is 118 Å². The van der Waals surface area contributed by atoms with E-state index in [4.69, 9.17) is 5.73 Å². The first kappa shape index (κ1) is 26.6. The van der Waals surface area contributed by atoms with Crippen molar-refractivity contribution in [2.75, 3.05) is 19.8 Å². The number of alkyl halides is 3. The van der Waals surface area contributed by atoms with E-state index in [1.54, 1.807) is 0 Å². The molecule has 2 atom stereocenters. The van der Waals surface area contributed by atoms with Gasteiger partial charge in [-0.15, -0.1) is 0 Å². The molecule has 0 bridgehead atoms. The highest BCUT2D eigenvalue weighted by molar-refractivity contribution is 7.90. The monoisotopic (exact) mass is 541 g/mol. The number of hydrogen-bond donors (Lipinski definition) is 1. The van der Waals surface area contributed by atoms with Crippen LogP contribution in [0.5, 0.6) is 0 Å². The lowest BCUT2D eigenvalue weighted by Crippen LogP contribution is -2.62. The number of nitrogens with two attached hydrogens (primary N) is 1. The van der Waals surface area contributed by atoms with Gasteiger partial charge in [-0.1, -0.05) is 12.1 Å². The van der Waals surface area contributed by atoms with Crippen LogP contribution in [-0.2, 0) is 20.8 Å². The summed E-state index contributed by atoms with van der Waals surface area (Å²) in [6.45, 7) is -0.430. The summed E-state index contributed by atoms with van der Waals surface area (Å²) in [6, 6.07) is 5.77. The van der Waals surface area contributed by atoms with Gasteiger partial charge >= 0.3 is 12.2 Å². The molecular weight excluding hydrogens is 518 g/mol. The van der Waals surface area contributed by atoms with E-state index in [1.165, 1.54) is 25.2 Å². The molecule has 1 saturated heterocycles. The molecule has 2 N–H and O–H groups in total. The Bertz CT molecular complexity index is 1410. The van der Waals surface area contributed by atoms with Gasteiger partial charge in [-0.2, -0.15) is 13.2 Å². The van der Waals surface area contributed by atoms with Crippen LogP contribution in [0.1, 0.15) is 40.2 Å². The number of benzene rings is 2. The number of halogens is 4. The highest BCUT2D eigenvalue weighted by Gasteiger charge is 2.63. The number of rotatable bonds is 6. The maximum absolute atomic E-state index is 15.2. The largest absolute Gasteiger partial charge is 0.416 e. The Balaban J connectivity index is 1.90. The van der Waals surface area contributed by atoms with Crippen molar-refractivity contribution in [2.45, 2.75) is 35.4 Å². The number of amides is 4. The molecule has 2 fully saturated rings. The van der Waals surface area contributed by atoms with E-state index in [9.17, 15) is 36.0 Å². The van der Waals surface area contributed by atoms with Crippen LogP contribution < -0.4 is 5.73 Å². The quantitative estimate of drug-likeness (QED) is 0.564. The minimum Gasteiger partial charge on any atom is -0.368 e. The van der Waals surface area contributed by atoms with Crippen molar-refractivity contribution in [2.24, 2.45) is 11.7 Å². The minimum absolute atomic E-state index is 0.212. The van der Waals surface area contributed by atoms with Crippen molar-refractivity contribution in [1.29, 1.82) is 0 Å². The van der Waals surface area contributed by atoms with Gasteiger partial charge in [-0.05, 0) is 54.7 Å². The first-order valence-electron chi connectivity index (χ1n) is 11.2. The van der Waals surface area contributed by atoms with E-state index >= 15 is 4.39 Å². The van der Waals surface area contributed by atoms with Crippen LogP contribution in [0.2, 0.25) is 0 Å². The van der Waals surface area contributed by atoms with Crippen LogP contribution in [-0.4, -0.2) is 61.5 Å². The molecule has 0 aromatic heterocycles. The molecule has 2 aliphatic rings. The summed E-state index contributed by atoms with van der Waals surface area (Å²) >= 11 is 0. The maximum atomic E-state index is 15.2. The number of sulfone groups is 1. The molecule has 0 radical (unpaired) electrons. The van der Waals surface area contributed by atoms with Gasteiger partial charge in [0.2, 0.25) is 5.91 Å². The molecule has 1 saturated carbocycles. The second-order valence-electron chi connectivity index (χ2n) is 9.42. The van der Waals surface area contributed by atoms with E-state index in [-0.39, 0.29) is 16.0 Å². The summed E-state index contributed by atoms with van der Waals surface area (Å²) in [5.41, 5.74) is 1.91. The second kappa shape index (κ2) is 8.82. The van der Waals surface area contributed by atoms with Crippen molar-refractivity contribution in [1.82, 2.24) is 9.80 Å². The van der Waals surface area contributed by atoms with Gasteiger partial charge < -0.3 is 10.6 Å². The first-order chi connectivity index (χ1) is 17.1. The van der Waals surface area contributed by atoms with Crippen LogP contribution in [0.3, 0.4) is 0 Å². The molecular formula is C24H23F4N3O5S. The Hall–Kier alpha value is -3.48. The van der Waals surface area contributed by atoms with Gasteiger partial charge in [0.15, 0.2) is 15.4 Å². The molecule has 4 amide bonds. The zero-order chi connectivity index (χ0) is 27.5. The average Bonchev–Trinajstić information content (AvgIpc) is 3.59. The normalized spacial score (nSPS) is 21.3. The number of primary amides is 1. The van der Waals surface area contributed by atoms with Crippen LogP contribution in [0.4, 0.5) is 22.4 Å². The van der Waals surface area contributed by atoms with Gasteiger partial charge in [0.05, 0.1) is 17.0 Å². The zero-order valence-electron chi connectivity index (χ0n) is 19.8. The van der Waals surface area contributed by atoms with Crippen molar-refractivity contribution in [3.05, 3.63) is 65.0 Å². The van der Waals surface area contributed by atoms with Gasteiger partial charge in [0, 0.05) is 24.8 Å². The van der Waals surface area contributed by atoms with Crippen LogP contribution in [0, 0.1) is 11.7 Å². The highest BCUT2D eigenvalue weighted by Crippen LogP contribution is 2.53. The molecule has 1 aliphatic carbocycles. The summed E-state index contributed by atoms with van der Waals surface area (Å²) in [5.74, 6) is -5.12. The van der Waals surface area contributed by atoms with Crippen molar-refractivity contribution < 1.29 is 40.4 Å². The summed E-state index contributed by atoms with van der Waals surface area (Å²) in [4.78, 5) is 41.5. The Morgan fingerprint density at radius 2 is 1.78 bits per heavy atom. The highest BCUT2D eigenvalue weighted by atomic mass is 32.2. The lowest BCUT2D eigenvalue weighted by Gasteiger charge is -2.40. The maximum Gasteiger partial charge on any atom is 0.416 e. The first-order valence-corrected chi connectivity index (χ1v) is 13.0. The predicted molar refractivity (Wildman–Crippen MR) is 123 cm³/mol. The van der Waals surface area contributed by atoms with Crippen molar-refractivity contribution >= 4 is 27.7 Å². The number of hydrogen-bond acceptors (Lipinski definition) is 5. The van der Waals surface area contributed by atoms with Crippen LogP contribution in [0.15, 0.2) is 47.4 Å². The van der Waals surface area contributed by atoms with Crippen molar-refractivity contribution in [3.8, 4) is 0 Å². The summed E-state index contributed by atoms with van der Waals surface area (Å²) in [7, 11) is -2.44.